The molecule has 0 saturated carbocycles. The minimum atomic E-state index is -0.397. The summed E-state index contributed by atoms with van der Waals surface area (Å²) < 4.78 is 5.07. The Morgan fingerprint density at radius 1 is 1.25 bits per heavy atom. The second kappa shape index (κ2) is 8.14. The molecule has 4 N–H and O–H groups in total. The maximum absolute atomic E-state index is 12.1. The molecule has 0 bridgehead atoms. The van der Waals surface area contributed by atoms with Gasteiger partial charge in [0.25, 0.3) is 0 Å². The van der Waals surface area contributed by atoms with Crippen molar-refractivity contribution in [2.45, 2.75) is 33.2 Å². The number of ether oxygens (including phenoxy) is 1. The van der Waals surface area contributed by atoms with Crippen LogP contribution in [0.25, 0.3) is 0 Å². The van der Waals surface area contributed by atoms with Crippen molar-refractivity contribution < 1.29 is 9.53 Å². The summed E-state index contributed by atoms with van der Waals surface area (Å²) in [5, 5.41) is 6.33. The van der Waals surface area contributed by atoms with E-state index < -0.39 is 5.97 Å². The monoisotopic (exact) mass is 329 g/mol. The van der Waals surface area contributed by atoms with E-state index in [9.17, 15) is 4.79 Å². The number of anilines is 4. The summed E-state index contributed by atoms with van der Waals surface area (Å²) in [7, 11) is 0. The Kier molecular flexibility index (Phi) is 5.95. The fourth-order valence-electron chi connectivity index (χ4n) is 2.05. The van der Waals surface area contributed by atoms with Crippen LogP contribution >= 0.6 is 0 Å². The first kappa shape index (κ1) is 17.5. The summed E-state index contributed by atoms with van der Waals surface area (Å²) in [5.74, 6) is 0.606. The van der Waals surface area contributed by atoms with Gasteiger partial charge in [-0.3, -0.25) is 0 Å². The van der Waals surface area contributed by atoms with Crippen LogP contribution in [0.5, 0.6) is 0 Å². The lowest BCUT2D eigenvalue weighted by molar-refractivity contribution is 0.0527. The van der Waals surface area contributed by atoms with Crippen molar-refractivity contribution in [1.29, 1.82) is 0 Å². The summed E-state index contributed by atoms with van der Waals surface area (Å²) in [6, 6.07) is 7.30. The predicted octanol–water partition coefficient (Wildman–Crippen LogP) is 3.19. The zero-order valence-corrected chi connectivity index (χ0v) is 14.2. The third-order valence-corrected chi connectivity index (χ3v) is 3.55. The van der Waals surface area contributed by atoms with Crippen LogP contribution in [0, 0.1) is 0 Å². The van der Waals surface area contributed by atoms with Crippen LogP contribution in [-0.2, 0) is 4.74 Å². The van der Waals surface area contributed by atoms with E-state index >= 15 is 0 Å². The minimum absolute atomic E-state index is 0.238. The molecule has 1 atom stereocenters. The van der Waals surface area contributed by atoms with Gasteiger partial charge in [-0.05, 0) is 32.4 Å². The number of nitrogens with two attached hydrogens (primary N) is 1. The van der Waals surface area contributed by atoms with Gasteiger partial charge >= 0.3 is 5.97 Å². The maximum atomic E-state index is 12.1. The number of para-hydroxylation sites is 1. The summed E-state index contributed by atoms with van der Waals surface area (Å²) in [6.07, 6.45) is 2.37. The summed E-state index contributed by atoms with van der Waals surface area (Å²) >= 11 is 0. The van der Waals surface area contributed by atoms with Crippen molar-refractivity contribution in [2.75, 3.05) is 23.0 Å². The number of aromatic nitrogens is 2. The Morgan fingerprint density at radius 2 is 1.96 bits per heavy atom. The Balaban J connectivity index is 2.29. The number of benzene rings is 1. The van der Waals surface area contributed by atoms with E-state index in [0.717, 1.165) is 6.42 Å². The number of nitrogens with one attached hydrogen (secondary N) is 2. The highest BCUT2D eigenvalue weighted by Crippen LogP contribution is 2.28. The van der Waals surface area contributed by atoms with E-state index in [-0.39, 0.29) is 6.04 Å². The average Bonchev–Trinajstić information content (AvgIpc) is 2.59. The van der Waals surface area contributed by atoms with E-state index in [1.165, 1.54) is 6.33 Å². The van der Waals surface area contributed by atoms with Gasteiger partial charge < -0.3 is 21.1 Å². The lowest BCUT2D eigenvalue weighted by Gasteiger charge is -2.16. The summed E-state index contributed by atoms with van der Waals surface area (Å²) in [4.78, 5) is 20.4. The fourth-order valence-corrected chi connectivity index (χ4v) is 2.05. The molecule has 1 aromatic heterocycles. The maximum Gasteiger partial charge on any atom is 0.340 e. The van der Waals surface area contributed by atoms with Crippen LogP contribution in [0.4, 0.5) is 23.0 Å². The van der Waals surface area contributed by atoms with E-state index in [1.807, 2.05) is 13.0 Å². The molecule has 24 heavy (non-hydrogen) atoms. The Morgan fingerprint density at radius 3 is 2.67 bits per heavy atom. The summed E-state index contributed by atoms with van der Waals surface area (Å²) in [6.45, 7) is 6.20. The van der Waals surface area contributed by atoms with Crippen molar-refractivity contribution >= 4 is 29.0 Å². The highest BCUT2D eigenvalue weighted by atomic mass is 16.5. The van der Waals surface area contributed by atoms with Crippen molar-refractivity contribution in [3.05, 3.63) is 36.2 Å². The molecule has 2 aromatic rings. The van der Waals surface area contributed by atoms with Crippen LogP contribution in [0.3, 0.4) is 0 Å². The number of hydrogen-bond acceptors (Lipinski definition) is 7. The molecule has 0 radical (unpaired) electrons. The third kappa shape index (κ3) is 4.13. The smallest absolute Gasteiger partial charge is 0.340 e. The number of rotatable bonds is 7. The molecule has 0 aliphatic heterocycles. The van der Waals surface area contributed by atoms with Crippen LogP contribution in [0.1, 0.15) is 37.6 Å². The van der Waals surface area contributed by atoms with Gasteiger partial charge in [0.05, 0.1) is 17.9 Å². The minimum Gasteiger partial charge on any atom is -0.462 e. The first-order chi connectivity index (χ1) is 11.6. The highest BCUT2D eigenvalue weighted by Gasteiger charge is 2.15. The lowest BCUT2D eigenvalue weighted by atomic mass is 10.1. The van der Waals surface area contributed by atoms with Gasteiger partial charge in [-0.25, -0.2) is 14.8 Å². The van der Waals surface area contributed by atoms with Gasteiger partial charge in [-0.2, -0.15) is 0 Å². The average molecular weight is 329 g/mol. The van der Waals surface area contributed by atoms with Crippen LogP contribution in [0.15, 0.2) is 30.6 Å². The fraction of sp³-hybridized carbons (Fsp3) is 0.353. The normalized spacial score (nSPS) is 11.6. The lowest BCUT2D eigenvalue weighted by Crippen LogP contribution is -2.17. The molecule has 0 spiro atoms. The zero-order valence-electron chi connectivity index (χ0n) is 14.2. The molecule has 2 rings (SSSR count). The number of carbonyl (C=O) groups excluding carboxylic acids is 1. The first-order valence-corrected chi connectivity index (χ1v) is 7.97. The molecule has 0 aliphatic rings. The molecule has 0 aliphatic carbocycles. The molecule has 0 amide bonds. The number of nitrogen functional groups attached to an aromatic ring is 1. The molecule has 0 saturated heterocycles. The number of hydrogen-bond donors (Lipinski definition) is 3. The Labute approximate surface area is 141 Å². The van der Waals surface area contributed by atoms with Gasteiger partial charge in [0.1, 0.15) is 12.0 Å². The van der Waals surface area contributed by atoms with Crippen molar-refractivity contribution in [3.8, 4) is 0 Å². The van der Waals surface area contributed by atoms with E-state index in [2.05, 4.69) is 27.5 Å². The van der Waals surface area contributed by atoms with Gasteiger partial charge in [-0.15, -0.1) is 0 Å². The molecule has 128 valence electrons. The second-order valence-corrected chi connectivity index (χ2v) is 5.33. The first-order valence-electron chi connectivity index (χ1n) is 7.97. The molecular formula is C17H23N5O2. The Hall–Kier alpha value is -2.83. The van der Waals surface area contributed by atoms with E-state index in [0.29, 0.717) is 35.2 Å². The third-order valence-electron chi connectivity index (χ3n) is 3.55. The molecule has 1 heterocycles. The highest BCUT2D eigenvalue weighted by molar-refractivity contribution is 5.97. The van der Waals surface area contributed by atoms with E-state index in [1.54, 1.807) is 25.1 Å². The van der Waals surface area contributed by atoms with Crippen LogP contribution in [0.2, 0.25) is 0 Å². The molecule has 7 heteroatoms. The van der Waals surface area contributed by atoms with Gasteiger partial charge in [0.2, 0.25) is 0 Å². The van der Waals surface area contributed by atoms with Crippen molar-refractivity contribution in [2.24, 2.45) is 0 Å². The van der Waals surface area contributed by atoms with Gasteiger partial charge in [0.15, 0.2) is 11.6 Å². The van der Waals surface area contributed by atoms with Crippen LogP contribution < -0.4 is 16.4 Å². The topological polar surface area (TPSA) is 102 Å². The van der Waals surface area contributed by atoms with E-state index in [4.69, 9.17) is 10.5 Å². The van der Waals surface area contributed by atoms with Crippen molar-refractivity contribution in [1.82, 2.24) is 9.97 Å². The van der Waals surface area contributed by atoms with Gasteiger partial charge in [0, 0.05) is 6.04 Å². The molecule has 0 fully saturated rings. The number of carbonyl (C=O) groups is 1. The molecule has 7 nitrogen and oxygen atoms in total. The van der Waals surface area contributed by atoms with Crippen molar-refractivity contribution in [3.63, 3.8) is 0 Å². The molecule has 1 unspecified atom stereocenters. The van der Waals surface area contributed by atoms with Gasteiger partial charge in [-0.1, -0.05) is 19.1 Å². The SMILES string of the molecule is CCOC(=O)c1ccccc1Nc1ncnc(NC(C)CC)c1N. The standard InChI is InChI=1S/C17H23N5O2/c1-4-11(3)21-15-14(18)16(20-10-19-15)22-13-9-7-6-8-12(13)17(23)24-5-2/h6-11H,4-5,18H2,1-3H3,(H2,19,20,21,22). The molecule has 1 aromatic carbocycles. The quantitative estimate of drug-likeness (QED) is 0.670. The zero-order chi connectivity index (χ0) is 17.5. The summed E-state index contributed by atoms with van der Waals surface area (Å²) in [5.41, 5.74) is 7.56. The number of nitrogens with zero attached hydrogens (tertiary/aromatic N) is 2. The second-order valence-electron chi connectivity index (χ2n) is 5.33. The largest absolute Gasteiger partial charge is 0.462 e. The number of esters is 1. The molecular weight excluding hydrogens is 306 g/mol. The Bertz CT molecular complexity index is 705. The van der Waals surface area contributed by atoms with Crippen LogP contribution in [-0.4, -0.2) is 28.6 Å². The predicted molar refractivity (Wildman–Crippen MR) is 95.5 cm³/mol.